The summed E-state index contributed by atoms with van der Waals surface area (Å²) in [6.07, 6.45) is 1.08. The van der Waals surface area contributed by atoms with Gasteiger partial charge in [0.2, 0.25) is 5.91 Å². The molecule has 1 fully saturated rings. The number of nitrogens with one attached hydrogen (secondary N) is 1. The fourth-order valence-electron chi connectivity index (χ4n) is 2.33. The van der Waals surface area contributed by atoms with E-state index >= 15 is 0 Å². The quantitative estimate of drug-likeness (QED) is 0.910. The van der Waals surface area contributed by atoms with Gasteiger partial charge in [0.15, 0.2) is 0 Å². The predicted molar refractivity (Wildman–Crippen MR) is 77.7 cm³/mol. The molecule has 1 aromatic rings. The Morgan fingerprint density at radius 3 is 3.05 bits per heavy atom. The van der Waals surface area contributed by atoms with Crippen LogP contribution < -0.4 is 10.2 Å². The number of anilines is 1. The van der Waals surface area contributed by atoms with E-state index in [-0.39, 0.29) is 18.4 Å². The van der Waals surface area contributed by atoms with Crippen LogP contribution in [0.3, 0.4) is 0 Å². The first-order valence-electron chi connectivity index (χ1n) is 6.32. The number of amides is 1. The molecule has 2 unspecified atom stereocenters. The summed E-state index contributed by atoms with van der Waals surface area (Å²) in [5, 5.41) is 12.0. The molecular weight excluding hydrogens is 306 g/mol. The highest BCUT2D eigenvalue weighted by Gasteiger charge is 2.31. The topological polar surface area (TPSA) is 56.1 Å². The van der Waals surface area contributed by atoms with Gasteiger partial charge in [0.05, 0.1) is 12.5 Å². The van der Waals surface area contributed by atoms with E-state index < -0.39 is 6.04 Å². The van der Waals surface area contributed by atoms with Crippen LogP contribution in [-0.2, 0) is 4.79 Å². The maximum Gasteiger partial charge on any atom is 0.245 e. The Balaban J connectivity index is 2.34. The van der Waals surface area contributed by atoms with E-state index in [2.05, 4.69) is 27.3 Å². The summed E-state index contributed by atoms with van der Waals surface area (Å²) in [4.78, 5) is 14.4. The van der Waals surface area contributed by atoms with Crippen LogP contribution in [0, 0.1) is 11.3 Å². The second kappa shape index (κ2) is 6.18. The van der Waals surface area contributed by atoms with Crippen LogP contribution in [-0.4, -0.2) is 24.5 Å². The third kappa shape index (κ3) is 3.14. The summed E-state index contributed by atoms with van der Waals surface area (Å²) in [7, 11) is 0. The van der Waals surface area contributed by atoms with Gasteiger partial charge in [-0.1, -0.05) is 22.0 Å². The zero-order chi connectivity index (χ0) is 13.8. The average molecular weight is 322 g/mol. The van der Waals surface area contributed by atoms with Crippen LogP contribution in [0.25, 0.3) is 0 Å². The lowest BCUT2D eigenvalue weighted by atomic mass is 10.1. The number of nitriles is 1. The minimum atomic E-state index is -0.408. The molecule has 0 aromatic heterocycles. The van der Waals surface area contributed by atoms with Gasteiger partial charge < -0.3 is 10.2 Å². The van der Waals surface area contributed by atoms with E-state index in [9.17, 15) is 4.79 Å². The summed E-state index contributed by atoms with van der Waals surface area (Å²) in [6.45, 7) is 2.79. The van der Waals surface area contributed by atoms with Gasteiger partial charge in [-0.15, -0.1) is 0 Å². The van der Waals surface area contributed by atoms with Crippen LogP contribution in [0.2, 0.25) is 0 Å². The van der Waals surface area contributed by atoms with Crippen LogP contribution in [0.5, 0.6) is 0 Å². The molecule has 0 aliphatic carbocycles. The van der Waals surface area contributed by atoms with E-state index in [1.165, 1.54) is 0 Å². The van der Waals surface area contributed by atoms with Crippen molar-refractivity contribution in [1.29, 1.82) is 5.26 Å². The van der Waals surface area contributed by atoms with Crippen molar-refractivity contribution < 1.29 is 4.79 Å². The lowest BCUT2D eigenvalue weighted by molar-refractivity contribution is -0.120. The first-order chi connectivity index (χ1) is 9.13. The van der Waals surface area contributed by atoms with Crippen molar-refractivity contribution in [3.05, 3.63) is 28.7 Å². The minimum absolute atomic E-state index is 0.0235. The molecule has 0 spiro atoms. The van der Waals surface area contributed by atoms with Crippen molar-refractivity contribution in [2.75, 3.05) is 11.4 Å². The van der Waals surface area contributed by atoms with E-state index in [1.54, 1.807) is 4.90 Å². The highest BCUT2D eigenvalue weighted by molar-refractivity contribution is 9.10. The second-order valence-electron chi connectivity index (χ2n) is 4.69. The van der Waals surface area contributed by atoms with Gasteiger partial charge in [-0.25, -0.2) is 0 Å². The monoisotopic (exact) mass is 321 g/mol. The number of carbonyl (C=O) groups excluding carboxylic acids is 1. The molecule has 19 heavy (non-hydrogen) atoms. The fourth-order valence-corrected chi connectivity index (χ4v) is 2.71. The van der Waals surface area contributed by atoms with Crippen molar-refractivity contribution in [1.82, 2.24) is 5.32 Å². The zero-order valence-corrected chi connectivity index (χ0v) is 12.4. The Morgan fingerprint density at radius 1 is 1.58 bits per heavy atom. The summed E-state index contributed by atoms with van der Waals surface area (Å²) in [5.41, 5.74) is 0.874. The van der Waals surface area contributed by atoms with Crippen LogP contribution >= 0.6 is 15.9 Å². The third-order valence-electron chi connectivity index (χ3n) is 3.31. The average Bonchev–Trinajstić information content (AvgIpc) is 2.50. The van der Waals surface area contributed by atoms with Crippen molar-refractivity contribution in [3.63, 3.8) is 0 Å². The first-order valence-corrected chi connectivity index (χ1v) is 7.11. The molecule has 0 bridgehead atoms. The number of hydrogen-bond donors (Lipinski definition) is 1. The predicted octanol–water partition coefficient (Wildman–Crippen LogP) is 2.45. The fraction of sp³-hybridized carbons (Fsp3) is 0.429. The Morgan fingerprint density at radius 2 is 2.37 bits per heavy atom. The normalized spacial score (nSPS) is 23.8. The van der Waals surface area contributed by atoms with E-state index in [4.69, 9.17) is 5.26 Å². The standard InChI is InChI=1S/C14H16BrN3O/c1-10-6-8-17-13(5-7-16)14(19)18(10)12-4-2-3-11(15)9-12/h2-4,9-10,13,17H,5-6,8H2,1H3. The molecule has 1 aromatic carbocycles. The van der Waals surface area contributed by atoms with Gasteiger partial charge in [-0.2, -0.15) is 5.26 Å². The number of nitrogens with zero attached hydrogens (tertiary/aromatic N) is 2. The van der Waals surface area contributed by atoms with E-state index in [0.717, 1.165) is 23.1 Å². The number of halogens is 1. The number of hydrogen-bond acceptors (Lipinski definition) is 3. The molecule has 2 atom stereocenters. The molecule has 1 aliphatic heterocycles. The maximum atomic E-state index is 12.6. The summed E-state index contributed by atoms with van der Waals surface area (Å²) < 4.78 is 0.944. The Bertz CT molecular complexity index is 512. The Labute approximate surface area is 121 Å². The molecule has 1 amide bonds. The summed E-state index contributed by atoms with van der Waals surface area (Å²) in [5.74, 6) is -0.0235. The highest BCUT2D eigenvalue weighted by Crippen LogP contribution is 2.25. The van der Waals surface area contributed by atoms with Gasteiger partial charge in [0, 0.05) is 16.2 Å². The molecule has 0 radical (unpaired) electrons. The molecule has 0 saturated carbocycles. The molecule has 5 heteroatoms. The Hall–Kier alpha value is -1.38. The van der Waals surface area contributed by atoms with E-state index in [0.29, 0.717) is 0 Å². The van der Waals surface area contributed by atoms with Crippen molar-refractivity contribution in [3.8, 4) is 6.07 Å². The molecular formula is C14H16BrN3O. The van der Waals surface area contributed by atoms with E-state index in [1.807, 2.05) is 31.2 Å². The van der Waals surface area contributed by atoms with Crippen molar-refractivity contribution in [2.24, 2.45) is 0 Å². The number of carbonyl (C=O) groups is 1. The zero-order valence-electron chi connectivity index (χ0n) is 10.8. The van der Waals surface area contributed by atoms with Crippen LogP contribution in [0.4, 0.5) is 5.69 Å². The minimum Gasteiger partial charge on any atom is -0.308 e. The summed E-state index contributed by atoms with van der Waals surface area (Å²) >= 11 is 3.43. The summed E-state index contributed by atoms with van der Waals surface area (Å²) in [6, 6.07) is 9.49. The van der Waals surface area contributed by atoms with Crippen LogP contribution in [0.15, 0.2) is 28.7 Å². The van der Waals surface area contributed by atoms with Crippen LogP contribution in [0.1, 0.15) is 19.8 Å². The maximum absolute atomic E-state index is 12.6. The first kappa shape index (κ1) is 14.0. The van der Waals surface area contributed by atoms with Gasteiger partial charge >= 0.3 is 0 Å². The largest absolute Gasteiger partial charge is 0.308 e. The van der Waals surface area contributed by atoms with Crippen molar-refractivity contribution in [2.45, 2.75) is 31.8 Å². The molecule has 4 nitrogen and oxygen atoms in total. The smallest absolute Gasteiger partial charge is 0.245 e. The third-order valence-corrected chi connectivity index (χ3v) is 3.80. The lowest BCUT2D eigenvalue weighted by Crippen LogP contribution is -2.46. The van der Waals surface area contributed by atoms with Crippen molar-refractivity contribution >= 4 is 27.5 Å². The second-order valence-corrected chi connectivity index (χ2v) is 5.61. The molecule has 1 saturated heterocycles. The van der Waals surface area contributed by atoms with Gasteiger partial charge in [0.1, 0.15) is 6.04 Å². The molecule has 2 rings (SSSR count). The highest BCUT2D eigenvalue weighted by atomic mass is 79.9. The number of benzene rings is 1. The lowest BCUT2D eigenvalue weighted by Gasteiger charge is -2.29. The molecule has 1 heterocycles. The SMILES string of the molecule is CC1CCNC(CC#N)C(=O)N1c1cccc(Br)c1. The van der Waals surface area contributed by atoms with Gasteiger partial charge in [0.25, 0.3) is 0 Å². The Kier molecular flexibility index (Phi) is 4.56. The molecule has 1 N–H and O–H groups in total. The van der Waals surface area contributed by atoms with Gasteiger partial charge in [-0.3, -0.25) is 4.79 Å². The number of rotatable bonds is 2. The molecule has 1 aliphatic rings. The van der Waals surface area contributed by atoms with Gasteiger partial charge in [-0.05, 0) is 38.1 Å². The molecule has 100 valence electrons.